The van der Waals surface area contributed by atoms with Crippen LogP contribution >= 0.6 is 0 Å². The highest BCUT2D eigenvalue weighted by Crippen LogP contribution is 2.35. The molecule has 0 bridgehead atoms. The van der Waals surface area contributed by atoms with Gasteiger partial charge in [-0.05, 0) is 91.6 Å². The van der Waals surface area contributed by atoms with E-state index >= 15 is 0 Å². The molecule has 0 atom stereocenters. The van der Waals surface area contributed by atoms with Crippen molar-refractivity contribution in [3.8, 4) is 23.0 Å². The fraction of sp³-hybridized carbons (Fsp3) is 0.286. The van der Waals surface area contributed by atoms with Crippen molar-refractivity contribution in [3.05, 3.63) is 124 Å². The van der Waals surface area contributed by atoms with Crippen molar-refractivity contribution in [2.75, 3.05) is 5.32 Å². The number of aromatic amines is 1. The lowest BCUT2D eigenvalue weighted by atomic mass is 9.78. The van der Waals surface area contributed by atoms with Crippen LogP contribution in [-0.4, -0.2) is 45.1 Å². The molecule has 1 heterocycles. The van der Waals surface area contributed by atoms with Crippen LogP contribution in [-0.2, 0) is 5.41 Å². The quantitative estimate of drug-likeness (QED) is 0.0908. The van der Waals surface area contributed by atoms with Crippen LogP contribution in [0, 0.1) is 0 Å². The van der Waals surface area contributed by atoms with E-state index in [1.165, 1.54) is 12.1 Å². The first-order chi connectivity index (χ1) is 25.3. The summed E-state index contributed by atoms with van der Waals surface area (Å²) >= 11 is 0. The molecule has 53 heavy (non-hydrogen) atoms. The third-order valence-corrected chi connectivity index (χ3v) is 9.67. The van der Waals surface area contributed by atoms with Crippen molar-refractivity contribution in [1.82, 2.24) is 20.5 Å². The zero-order valence-electron chi connectivity index (χ0n) is 31.1. The topological polar surface area (TPSA) is 152 Å². The summed E-state index contributed by atoms with van der Waals surface area (Å²) in [6.07, 6.45) is 2.83. The molecule has 274 valence electrons. The molecule has 4 aromatic carbocycles. The minimum atomic E-state index is -0.532. The number of nitrogens with zero attached hydrogens (tertiary/aromatic N) is 2. The molecule has 0 saturated carbocycles. The maximum atomic E-state index is 13.0. The van der Waals surface area contributed by atoms with E-state index in [-0.39, 0.29) is 45.4 Å². The molecule has 0 aliphatic carbocycles. The van der Waals surface area contributed by atoms with E-state index in [2.05, 4.69) is 39.7 Å². The van der Waals surface area contributed by atoms with E-state index in [4.69, 9.17) is 9.47 Å². The van der Waals surface area contributed by atoms with Gasteiger partial charge in [0.25, 0.3) is 11.8 Å². The molecule has 5 rings (SSSR count). The fourth-order valence-electron chi connectivity index (χ4n) is 5.65. The number of H-pyrrole nitrogens is 1. The fourth-order valence-corrected chi connectivity index (χ4v) is 5.65. The van der Waals surface area contributed by atoms with Gasteiger partial charge >= 0.3 is 0 Å². The lowest BCUT2D eigenvalue weighted by Crippen LogP contribution is -2.45. The molecule has 11 heteroatoms. The summed E-state index contributed by atoms with van der Waals surface area (Å²) in [6, 6.07) is 24.9. The van der Waals surface area contributed by atoms with E-state index in [0.717, 1.165) is 24.0 Å². The van der Waals surface area contributed by atoms with Gasteiger partial charge in [-0.3, -0.25) is 29.6 Å². The number of hydrogen-bond donors (Lipinski definition) is 3. The Labute approximate surface area is 309 Å². The van der Waals surface area contributed by atoms with Crippen molar-refractivity contribution in [2.45, 2.75) is 78.2 Å². The first-order valence-corrected chi connectivity index (χ1v) is 17.6. The van der Waals surface area contributed by atoms with Crippen molar-refractivity contribution in [3.63, 3.8) is 0 Å². The van der Waals surface area contributed by atoms with Gasteiger partial charge in [0.15, 0.2) is 12.6 Å². The standard InChI is InChI=1S/C42H45N5O6/c1-8-42(7,9-2)45-39(51)35-21-20-33(22-28(35)25-49)52-31-16-11-29(12-17-31)41(5,6)30-13-18-32(19-14-30)53-34-15-10-27(24-48)36(23-34)38(50)44-40-43-37(26(3)4)46-47-40/h10-26H,8-9H2,1-7H3,(H,45,51)(H2,43,44,46,47,50). The largest absolute Gasteiger partial charge is 0.457 e. The maximum Gasteiger partial charge on any atom is 0.258 e. The van der Waals surface area contributed by atoms with E-state index in [0.29, 0.717) is 47.0 Å². The average Bonchev–Trinajstić information content (AvgIpc) is 3.64. The van der Waals surface area contributed by atoms with Gasteiger partial charge in [0.2, 0.25) is 5.95 Å². The minimum Gasteiger partial charge on any atom is -0.457 e. The number of rotatable bonds is 15. The third kappa shape index (κ3) is 8.86. The van der Waals surface area contributed by atoms with Gasteiger partial charge in [-0.1, -0.05) is 65.8 Å². The molecule has 0 unspecified atom stereocenters. The van der Waals surface area contributed by atoms with E-state index in [1.54, 1.807) is 24.3 Å². The summed E-state index contributed by atoms with van der Waals surface area (Å²) in [7, 11) is 0. The molecule has 3 N–H and O–H groups in total. The minimum absolute atomic E-state index is 0.105. The van der Waals surface area contributed by atoms with E-state index in [9.17, 15) is 19.2 Å². The van der Waals surface area contributed by atoms with Gasteiger partial charge in [0.1, 0.15) is 28.8 Å². The highest BCUT2D eigenvalue weighted by atomic mass is 16.5. The van der Waals surface area contributed by atoms with Crippen LogP contribution in [0.1, 0.15) is 126 Å². The molecule has 1 aromatic heterocycles. The second-order valence-electron chi connectivity index (χ2n) is 14.0. The Balaban J connectivity index is 1.25. The number of carbonyl (C=O) groups is 4. The lowest BCUT2D eigenvalue weighted by molar-refractivity contribution is 0.0896. The van der Waals surface area contributed by atoms with Gasteiger partial charge in [-0.2, -0.15) is 4.98 Å². The molecule has 11 nitrogen and oxygen atoms in total. The Morgan fingerprint density at radius 2 is 1.25 bits per heavy atom. The Hall–Kier alpha value is -6.10. The van der Waals surface area contributed by atoms with Gasteiger partial charge in [0, 0.05) is 28.0 Å². The molecule has 0 aliphatic rings. The lowest BCUT2D eigenvalue weighted by Gasteiger charge is -2.28. The number of amides is 2. The van der Waals surface area contributed by atoms with Crippen LogP contribution in [0.3, 0.4) is 0 Å². The van der Waals surface area contributed by atoms with E-state index < -0.39 is 5.91 Å². The van der Waals surface area contributed by atoms with Crippen LogP contribution in [0.4, 0.5) is 5.95 Å². The summed E-state index contributed by atoms with van der Waals surface area (Å²) in [5.74, 6) is 2.01. The average molecular weight is 716 g/mol. The molecule has 0 fully saturated rings. The second-order valence-corrected chi connectivity index (χ2v) is 14.0. The number of benzene rings is 4. The van der Waals surface area contributed by atoms with Gasteiger partial charge in [-0.15, -0.1) is 5.10 Å². The predicted octanol–water partition coefficient (Wildman–Crippen LogP) is 9.02. The maximum absolute atomic E-state index is 13.0. The summed E-state index contributed by atoms with van der Waals surface area (Å²) in [5, 5.41) is 12.5. The van der Waals surface area contributed by atoms with Crippen molar-refractivity contribution in [1.29, 1.82) is 0 Å². The highest BCUT2D eigenvalue weighted by molar-refractivity contribution is 6.08. The summed E-state index contributed by atoms with van der Waals surface area (Å²) < 4.78 is 12.1. The summed E-state index contributed by atoms with van der Waals surface area (Å²) in [4.78, 5) is 53.9. The zero-order valence-corrected chi connectivity index (χ0v) is 31.1. The Kier molecular flexibility index (Phi) is 11.6. The van der Waals surface area contributed by atoms with Crippen LogP contribution in [0.15, 0.2) is 84.9 Å². The molecular weight excluding hydrogens is 670 g/mol. The number of nitrogens with one attached hydrogen (secondary N) is 3. The summed E-state index contributed by atoms with van der Waals surface area (Å²) in [6.45, 7) is 14.2. The predicted molar refractivity (Wildman–Crippen MR) is 204 cm³/mol. The zero-order chi connectivity index (χ0) is 38.3. The Morgan fingerprint density at radius 3 is 1.75 bits per heavy atom. The van der Waals surface area contributed by atoms with Crippen LogP contribution in [0.2, 0.25) is 0 Å². The first kappa shape index (κ1) is 38.1. The van der Waals surface area contributed by atoms with Gasteiger partial charge < -0.3 is 14.8 Å². The summed E-state index contributed by atoms with van der Waals surface area (Å²) in [5.41, 5.74) is 2.25. The number of ether oxygens (including phenoxy) is 2. The van der Waals surface area contributed by atoms with Crippen LogP contribution in [0.5, 0.6) is 23.0 Å². The number of aldehydes is 2. The van der Waals surface area contributed by atoms with Crippen molar-refractivity contribution < 1.29 is 28.7 Å². The number of aromatic nitrogens is 3. The SMILES string of the molecule is CCC(C)(CC)NC(=O)c1ccc(Oc2ccc(C(C)(C)c3ccc(Oc4ccc(C=O)c(C(=O)Nc5n[nH]c(C(C)C)n5)c4)cc3)cc2)cc1C=O. The smallest absolute Gasteiger partial charge is 0.258 e. The van der Waals surface area contributed by atoms with Gasteiger partial charge in [0.05, 0.1) is 11.1 Å². The first-order valence-electron chi connectivity index (χ1n) is 17.6. The van der Waals surface area contributed by atoms with Crippen LogP contribution in [0.25, 0.3) is 0 Å². The Bertz CT molecular complexity index is 2100. The number of carbonyl (C=O) groups excluding carboxylic acids is 4. The second kappa shape index (κ2) is 16.1. The molecule has 0 radical (unpaired) electrons. The van der Waals surface area contributed by atoms with Gasteiger partial charge in [-0.25, -0.2) is 0 Å². The molecule has 0 saturated heterocycles. The van der Waals surface area contributed by atoms with Crippen molar-refractivity contribution in [2.24, 2.45) is 0 Å². The molecular formula is C42H45N5O6. The van der Waals surface area contributed by atoms with Crippen molar-refractivity contribution >= 4 is 30.3 Å². The normalized spacial score (nSPS) is 11.5. The molecule has 0 spiro atoms. The number of anilines is 1. The highest BCUT2D eigenvalue weighted by Gasteiger charge is 2.25. The molecule has 2 amide bonds. The van der Waals surface area contributed by atoms with E-state index in [1.807, 2.05) is 83.1 Å². The molecule has 5 aromatic rings. The molecule has 0 aliphatic heterocycles. The number of hydrogen-bond acceptors (Lipinski definition) is 8. The monoisotopic (exact) mass is 715 g/mol. The Morgan fingerprint density at radius 1 is 0.717 bits per heavy atom. The third-order valence-electron chi connectivity index (χ3n) is 9.67. The van der Waals surface area contributed by atoms with Crippen LogP contribution < -0.4 is 20.1 Å².